The van der Waals surface area contributed by atoms with Gasteiger partial charge in [0.15, 0.2) is 0 Å². The lowest BCUT2D eigenvalue weighted by Crippen LogP contribution is -2.13. The first kappa shape index (κ1) is 11.2. The average Bonchev–Trinajstić information content (AvgIpc) is 2.61. The van der Waals surface area contributed by atoms with Crippen molar-refractivity contribution in [3.8, 4) is 0 Å². The number of aliphatic carboxylic acids is 1. The number of hydrogen-bond acceptors (Lipinski definition) is 2. The molecule has 1 N–H and O–H groups in total. The van der Waals surface area contributed by atoms with Gasteiger partial charge in [0.25, 0.3) is 0 Å². The summed E-state index contributed by atoms with van der Waals surface area (Å²) in [6.07, 6.45) is 8.19. The molecular formula is C12H18N2O2. The van der Waals surface area contributed by atoms with Gasteiger partial charge in [-0.2, -0.15) is 5.10 Å². The van der Waals surface area contributed by atoms with E-state index in [1.165, 1.54) is 32.1 Å². The number of rotatable bonds is 3. The molecule has 1 aromatic rings. The highest BCUT2D eigenvalue weighted by atomic mass is 16.4. The lowest BCUT2D eigenvalue weighted by Gasteiger charge is -2.21. The fourth-order valence-corrected chi connectivity index (χ4v) is 2.39. The molecule has 0 aliphatic heterocycles. The summed E-state index contributed by atoms with van der Waals surface area (Å²) in [7, 11) is 0. The number of aryl methyl sites for hydroxylation is 1. The third-order valence-electron chi connectivity index (χ3n) is 3.31. The van der Waals surface area contributed by atoms with Gasteiger partial charge in [-0.05, 0) is 19.8 Å². The summed E-state index contributed by atoms with van der Waals surface area (Å²) in [4.78, 5) is 10.7. The Hall–Kier alpha value is -1.32. The average molecular weight is 222 g/mol. The zero-order chi connectivity index (χ0) is 11.5. The fraction of sp³-hybridized carbons (Fsp3) is 0.667. The lowest BCUT2D eigenvalue weighted by atomic mass is 9.96. The van der Waals surface area contributed by atoms with Crippen LogP contribution in [0.1, 0.15) is 49.4 Å². The topological polar surface area (TPSA) is 55.1 Å². The second-order valence-electron chi connectivity index (χ2n) is 4.58. The Morgan fingerprint density at radius 1 is 1.50 bits per heavy atom. The molecule has 2 rings (SSSR count). The molecule has 1 aliphatic rings. The molecule has 1 fully saturated rings. The van der Waals surface area contributed by atoms with E-state index in [0.717, 1.165) is 11.3 Å². The summed E-state index contributed by atoms with van der Waals surface area (Å²) in [5.74, 6) is -0.786. The Labute approximate surface area is 95.3 Å². The Morgan fingerprint density at radius 3 is 2.81 bits per heavy atom. The van der Waals surface area contributed by atoms with E-state index >= 15 is 0 Å². The molecule has 0 aromatic carbocycles. The maximum Gasteiger partial charge on any atom is 0.307 e. The SMILES string of the molecule is Cc1nn(C2CCCCC2)cc1CC(=O)O. The molecule has 0 radical (unpaired) electrons. The summed E-state index contributed by atoms with van der Waals surface area (Å²) in [5.41, 5.74) is 1.70. The predicted molar refractivity (Wildman–Crippen MR) is 60.4 cm³/mol. The van der Waals surface area contributed by atoms with Gasteiger partial charge in [0.2, 0.25) is 0 Å². The summed E-state index contributed by atoms with van der Waals surface area (Å²) in [6.45, 7) is 1.89. The van der Waals surface area contributed by atoms with Crippen LogP contribution >= 0.6 is 0 Å². The first-order valence-corrected chi connectivity index (χ1v) is 5.93. The van der Waals surface area contributed by atoms with Gasteiger partial charge in [-0.1, -0.05) is 19.3 Å². The maximum atomic E-state index is 10.7. The molecule has 4 heteroatoms. The van der Waals surface area contributed by atoms with Crippen LogP contribution in [-0.2, 0) is 11.2 Å². The Balaban J connectivity index is 2.12. The van der Waals surface area contributed by atoms with Crippen LogP contribution < -0.4 is 0 Å². The highest BCUT2D eigenvalue weighted by Gasteiger charge is 2.18. The van der Waals surface area contributed by atoms with E-state index < -0.39 is 5.97 Å². The first-order chi connectivity index (χ1) is 7.66. The lowest BCUT2D eigenvalue weighted by molar-refractivity contribution is -0.136. The van der Waals surface area contributed by atoms with Crippen molar-refractivity contribution in [2.24, 2.45) is 0 Å². The van der Waals surface area contributed by atoms with Gasteiger partial charge in [0.1, 0.15) is 0 Å². The van der Waals surface area contributed by atoms with Crippen molar-refractivity contribution in [2.75, 3.05) is 0 Å². The van der Waals surface area contributed by atoms with Crippen LogP contribution in [0.15, 0.2) is 6.20 Å². The fourth-order valence-electron chi connectivity index (χ4n) is 2.39. The number of hydrogen-bond donors (Lipinski definition) is 1. The number of carboxylic acids is 1. The number of aromatic nitrogens is 2. The van der Waals surface area contributed by atoms with Crippen molar-refractivity contribution in [3.05, 3.63) is 17.5 Å². The number of carbonyl (C=O) groups is 1. The van der Waals surface area contributed by atoms with Gasteiger partial charge in [-0.15, -0.1) is 0 Å². The number of nitrogens with zero attached hydrogens (tertiary/aromatic N) is 2. The molecule has 0 amide bonds. The molecule has 0 spiro atoms. The van der Waals surface area contributed by atoms with Crippen LogP contribution in [0.25, 0.3) is 0 Å². The second-order valence-corrected chi connectivity index (χ2v) is 4.58. The molecule has 88 valence electrons. The third kappa shape index (κ3) is 2.43. The molecule has 0 atom stereocenters. The monoisotopic (exact) mass is 222 g/mol. The van der Waals surface area contributed by atoms with E-state index in [4.69, 9.17) is 5.11 Å². The smallest absolute Gasteiger partial charge is 0.307 e. The standard InChI is InChI=1S/C12H18N2O2/c1-9-10(7-12(15)16)8-14(13-9)11-5-3-2-4-6-11/h8,11H,2-7H2,1H3,(H,15,16). The molecule has 0 unspecified atom stereocenters. The van der Waals surface area contributed by atoms with E-state index in [1.807, 2.05) is 17.8 Å². The van der Waals surface area contributed by atoms with Gasteiger partial charge >= 0.3 is 5.97 Å². The van der Waals surface area contributed by atoms with Gasteiger partial charge < -0.3 is 5.11 Å². The summed E-state index contributed by atoms with van der Waals surface area (Å²) < 4.78 is 1.98. The largest absolute Gasteiger partial charge is 0.481 e. The zero-order valence-corrected chi connectivity index (χ0v) is 9.65. The molecular weight excluding hydrogens is 204 g/mol. The van der Waals surface area contributed by atoms with Crippen molar-refractivity contribution < 1.29 is 9.90 Å². The maximum absolute atomic E-state index is 10.7. The number of carboxylic acid groups (broad SMARTS) is 1. The van der Waals surface area contributed by atoms with E-state index in [1.54, 1.807) is 0 Å². The van der Waals surface area contributed by atoms with E-state index in [9.17, 15) is 4.79 Å². The minimum absolute atomic E-state index is 0.0819. The normalized spacial score (nSPS) is 17.6. The minimum Gasteiger partial charge on any atom is -0.481 e. The van der Waals surface area contributed by atoms with Crippen molar-refractivity contribution in [1.29, 1.82) is 0 Å². The van der Waals surface area contributed by atoms with Gasteiger partial charge in [-0.25, -0.2) is 0 Å². The molecule has 4 nitrogen and oxygen atoms in total. The molecule has 1 saturated carbocycles. The van der Waals surface area contributed by atoms with Gasteiger partial charge in [0, 0.05) is 11.8 Å². The Kier molecular flexibility index (Phi) is 3.27. The van der Waals surface area contributed by atoms with Crippen molar-refractivity contribution >= 4 is 5.97 Å². The van der Waals surface area contributed by atoms with Crippen molar-refractivity contribution in [1.82, 2.24) is 9.78 Å². The molecule has 1 aromatic heterocycles. The molecule has 0 bridgehead atoms. The van der Waals surface area contributed by atoms with Crippen LogP contribution in [0.5, 0.6) is 0 Å². The van der Waals surface area contributed by atoms with Gasteiger partial charge in [-0.3, -0.25) is 9.48 Å². The van der Waals surface area contributed by atoms with Crippen LogP contribution in [0.3, 0.4) is 0 Å². The van der Waals surface area contributed by atoms with Gasteiger partial charge in [0.05, 0.1) is 18.2 Å². The molecule has 0 saturated heterocycles. The van der Waals surface area contributed by atoms with Crippen molar-refractivity contribution in [2.45, 2.75) is 51.5 Å². The van der Waals surface area contributed by atoms with E-state index in [-0.39, 0.29) is 6.42 Å². The summed E-state index contributed by atoms with van der Waals surface area (Å²) >= 11 is 0. The first-order valence-electron chi connectivity index (χ1n) is 5.93. The molecule has 16 heavy (non-hydrogen) atoms. The zero-order valence-electron chi connectivity index (χ0n) is 9.65. The molecule has 1 heterocycles. The van der Waals surface area contributed by atoms with E-state index in [0.29, 0.717) is 6.04 Å². The minimum atomic E-state index is -0.786. The van der Waals surface area contributed by atoms with Crippen LogP contribution in [0, 0.1) is 6.92 Å². The highest BCUT2D eigenvalue weighted by molar-refractivity contribution is 5.70. The predicted octanol–water partition coefficient (Wildman–Crippen LogP) is 2.32. The van der Waals surface area contributed by atoms with Crippen LogP contribution in [0.4, 0.5) is 0 Å². The summed E-state index contributed by atoms with van der Waals surface area (Å²) in [6, 6.07) is 0.481. The quantitative estimate of drug-likeness (QED) is 0.853. The molecule has 1 aliphatic carbocycles. The van der Waals surface area contributed by atoms with Crippen LogP contribution in [-0.4, -0.2) is 20.9 Å². The van der Waals surface area contributed by atoms with Crippen molar-refractivity contribution in [3.63, 3.8) is 0 Å². The Bertz CT molecular complexity index is 378. The summed E-state index contributed by atoms with van der Waals surface area (Å²) in [5, 5.41) is 13.2. The second kappa shape index (κ2) is 4.68. The van der Waals surface area contributed by atoms with Crippen LogP contribution in [0.2, 0.25) is 0 Å². The third-order valence-corrected chi connectivity index (χ3v) is 3.31. The Morgan fingerprint density at radius 2 is 2.19 bits per heavy atom. The van der Waals surface area contributed by atoms with E-state index in [2.05, 4.69) is 5.10 Å². The highest BCUT2D eigenvalue weighted by Crippen LogP contribution is 2.28.